The third kappa shape index (κ3) is 3.98. The van der Waals surface area contributed by atoms with Crippen LogP contribution in [0.25, 0.3) is 0 Å². The summed E-state index contributed by atoms with van der Waals surface area (Å²) in [6.45, 7) is 0. The molecule has 0 fully saturated rings. The minimum absolute atomic E-state index is 0.0165. The maximum atomic E-state index is 11.7. The van der Waals surface area contributed by atoms with Crippen molar-refractivity contribution >= 4 is 23.7 Å². The number of nitrogens with zero attached hydrogens (tertiary/aromatic N) is 3. The predicted molar refractivity (Wildman–Crippen MR) is 75.4 cm³/mol. The quantitative estimate of drug-likeness (QED) is 0.459. The lowest BCUT2D eigenvalue weighted by atomic mass is 10.2. The molecule has 1 heterocycles. The second-order valence-corrected chi connectivity index (χ2v) is 5.09. The highest BCUT2D eigenvalue weighted by atomic mass is 32.2. The number of ether oxygens (including phenoxy) is 1. The Balaban J connectivity index is 1.91. The van der Waals surface area contributed by atoms with Crippen molar-refractivity contribution in [2.75, 3.05) is 5.75 Å². The van der Waals surface area contributed by atoms with Crippen molar-refractivity contribution in [2.24, 2.45) is 0 Å². The van der Waals surface area contributed by atoms with Crippen molar-refractivity contribution in [3.8, 4) is 11.8 Å². The number of para-hydroxylation sites is 1. The van der Waals surface area contributed by atoms with Crippen molar-refractivity contribution in [1.82, 2.24) is 5.16 Å². The Labute approximate surface area is 133 Å². The van der Waals surface area contributed by atoms with E-state index in [1.54, 1.807) is 12.1 Å². The fourth-order valence-electron chi connectivity index (χ4n) is 1.59. The lowest BCUT2D eigenvalue weighted by Crippen LogP contribution is -2.26. The number of carboxylic acid groups (broad SMARTS) is 1. The van der Waals surface area contributed by atoms with Crippen molar-refractivity contribution in [3.05, 3.63) is 46.4 Å². The van der Waals surface area contributed by atoms with E-state index in [9.17, 15) is 14.8 Å². The van der Waals surface area contributed by atoms with Crippen LogP contribution in [0.5, 0.6) is 5.75 Å². The zero-order valence-corrected chi connectivity index (χ0v) is 12.3. The third-order valence-electron chi connectivity index (χ3n) is 2.59. The van der Waals surface area contributed by atoms with E-state index in [2.05, 4.69) is 9.79 Å². The monoisotopic (exact) mass is 335 g/mol. The van der Waals surface area contributed by atoms with Crippen molar-refractivity contribution < 1.29 is 29.0 Å². The van der Waals surface area contributed by atoms with Crippen LogP contribution >= 0.6 is 11.8 Å². The van der Waals surface area contributed by atoms with Gasteiger partial charge in [0.05, 0.1) is 11.5 Å². The molecule has 0 spiro atoms. The average Bonchev–Trinajstić information content (AvgIpc) is 2.87. The number of aromatic nitrogens is 2. The fourth-order valence-corrected chi connectivity index (χ4v) is 2.30. The van der Waals surface area contributed by atoms with E-state index in [1.807, 2.05) is 0 Å². The Morgan fingerprint density at radius 1 is 1.48 bits per heavy atom. The van der Waals surface area contributed by atoms with Crippen LogP contribution in [0.3, 0.4) is 0 Å². The van der Waals surface area contributed by atoms with E-state index in [4.69, 9.17) is 15.1 Å². The zero-order valence-electron chi connectivity index (χ0n) is 11.5. The van der Waals surface area contributed by atoms with Crippen LogP contribution in [-0.4, -0.2) is 28.0 Å². The molecule has 2 rings (SSSR count). The van der Waals surface area contributed by atoms with Gasteiger partial charge >= 0.3 is 11.9 Å². The van der Waals surface area contributed by atoms with Gasteiger partial charge in [-0.15, -0.1) is 11.8 Å². The van der Waals surface area contributed by atoms with Crippen LogP contribution in [0.4, 0.5) is 0 Å². The summed E-state index contributed by atoms with van der Waals surface area (Å²) in [5.74, 6) is -1.95. The van der Waals surface area contributed by atoms with Crippen LogP contribution in [0.15, 0.2) is 28.9 Å². The Morgan fingerprint density at radius 2 is 2.22 bits per heavy atom. The SMILES string of the molecule is N#Cc1c(CSCC(=O)Oc2ccccc2C(=O)O)no[n+]1[O-]. The Hall–Kier alpha value is -3.06. The first-order valence-corrected chi connectivity index (χ1v) is 7.28. The van der Waals surface area contributed by atoms with Crippen molar-refractivity contribution in [1.29, 1.82) is 5.26 Å². The molecular formula is C13H9N3O6S. The van der Waals surface area contributed by atoms with Crippen LogP contribution in [0.2, 0.25) is 0 Å². The van der Waals surface area contributed by atoms with Gasteiger partial charge in [-0.1, -0.05) is 12.1 Å². The summed E-state index contributed by atoms with van der Waals surface area (Å²) in [6, 6.07) is 7.39. The number of aromatic carboxylic acids is 1. The lowest BCUT2D eigenvalue weighted by Gasteiger charge is -2.06. The van der Waals surface area contributed by atoms with E-state index >= 15 is 0 Å². The molecule has 0 aliphatic heterocycles. The molecule has 0 aliphatic carbocycles. The van der Waals surface area contributed by atoms with Gasteiger partial charge in [0.15, 0.2) is 6.07 Å². The van der Waals surface area contributed by atoms with Gasteiger partial charge < -0.3 is 15.1 Å². The second-order valence-electron chi connectivity index (χ2n) is 4.11. The maximum Gasteiger partial charge on any atom is 0.339 e. The summed E-state index contributed by atoms with van der Waals surface area (Å²) in [6.07, 6.45) is 0. The highest BCUT2D eigenvalue weighted by Crippen LogP contribution is 2.19. The molecule has 0 atom stereocenters. The highest BCUT2D eigenvalue weighted by Gasteiger charge is 2.19. The molecule has 1 N–H and O–H groups in total. The molecule has 118 valence electrons. The topological polar surface area (TPSA) is 140 Å². The smallest absolute Gasteiger partial charge is 0.339 e. The number of thioether (sulfide) groups is 1. The predicted octanol–water partition coefficient (Wildman–Crippen LogP) is 0.717. The number of carbonyl (C=O) groups excluding carboxylic acids is 1. The largest absolute Gasteiger partial charge is 0.478 e. The zero-order chi connectivity index (χ0) is 16.8. The Morgan fingerprint density at radius 3 is 2.91 bits per heavy atom. The van der Waals surface area contributed by atoms with Gasteiger partial charge in [0.1, 0.15) is 11.3 Å². The third-order valence-corrected chi connectivity index (χ3v) is 3.50. The van der Waals surface area contributed by atoms with E-state index in [1.165, 1.54) is 18.2 Å². The summed E-state index contributed by atoms with van der Waals surface area (Å²) in [5.41, 5.74) is -0.283. The highest BCUT2D eigenvalue weighted by molar-refractivity contribution is 7.99. The molecule has 0 saturated heterocycles. The molecule has 10 heteroatoms. The first-order valence-electron chi connectivity index (χ1n) is 6.12. The normalized spacial score (nSPS) is 10.0. The summed E-state index contributed by atoms with van der Waals surface area (Å²) >= 11 is 1.04. The number of hydrogen-bond acceptors (Lipinski definition) is 8. The number of rotatable bonds is 6. The molecule has 0 radical (unpaired) electrons. The lowest BCUT2D eigenvalue weighted by molar-refractivity contribution is -0.804. The number of esters is 1. The Kier molecular flexibility index (Phi) is 5.16. The molecule has 23 heavy (non-hydrogen) atoms. The van der Waals surface area contributed by atoms with Crippen LogP contribution in [0.1, 0.15) is 21.7 Å². The number of benzene rings is 1. The van der Waals surface area contributed by atoms with Crippen molar-refractivity contribution in [2.45, 2.75) is 5.75 Å². The number of nitriles is 1. The molecule has 0 unspecified atom stereocenters. The summed E-state index contributed by atoms with van der Waals surface area (Å²) < 4.78 is 9.27. The number of carboxylic acids is 1. The molecule has 0 bridgehead atoms. The summed E-state index contributed by atoms with van der Waals surface area (Å²) in [5, 5.41) is 32.2. The average molecular weight is 335 g/mol. The van der Waals surface area contributed by atoms with Gasteiger partial charge in [0.25, 0.3) is 5.69 Å². The number of hydrogen-bond donors (Lipinski definition) is 1. The van der Waals surface area contributed by atoms with Crippen LogP contribution < -0.4 is 9.64 Å². The fraction of sp³-hybridized carbons (Fsp3) is 0.154. The van der Waals surface area contributed by atoms with Crippen LogP contribution in [0, 0.1) is 16.5 Å². The van der Waals surface area contributed by atoms with E-state index in [-0.39, 0.29) is 39.1 Å². The first kappa shape index (κ1) is 16.3. The van der Waals surface area contributed by atoms with Gasteiger partial charge in [0, 0.05) is 5.16 Å². The van der Waals surface area contributed by atoms with E-state index in [0.717, 1.165) is 11.8 Å². The van der Waals surface area contributed by atoms with Gasteiger partial charge in [0.2, 0.25) is 5.69 Å². The molecule has 0 aliphatic rings. The molecule has 1 aromatic carbocycles. The van der Waals surface area contributed by atoms with Crippen molar-refractivity contribution in [3.63, 3.8) is 0 Å². The van der Waals surface area contributed by atoms with E-state index < -0.39 is 11.9 Å². The van der Waals surface area contributed by atoms with Crippen LogP contribution in [-0.2, 0) is 10.5 Å². The first-order chi connectivity index (χ1) is 11.0. The standard InChI is InChI=1S/C13H9N3O6S/c14-5-10-9(15-22-16(10)20)6-23-7-12(17)21-11-4-2-1-3-8(11)13(18)19/h1-4H,6-7H2,(H,18,19). The molecule has 9 nitrogen and oxygen atoms in total. The molecule has 1 aromatic heterocycles. The minimum Gasteiger partial charge on any atom is -0.478 e. The molecule has 0 saturated carbocycles. The molecular weight excluding hydrogens is 326 g/mol. The van der Waals surface area contributed by atoms with Gasteiger partial charge in [-0.3, -0.25) is 9.42 Å². The molecule has 0 amide bonds. The maximum absolute atomic E-state index is 11.7. The van der Waals surface area contributed by atoms with Gasteiger partial charge in [-0.25, -0.2) is 4.79 Å². The second kappa shape index (κ2) is 7.28. The van der Waals surface area contributed by atoms with E-state index in [0.29, 0.717) is 0 Å². The minimum atomic E-state index is -1.21. The number of carbonyl (C=O) groups is 2. The summed E-state index contributed by atoms with van der Waals surface area (Å²) in [4.78, 5) is 22.7. The summed E-state index contributed by atoms with van der Waals surface area (Å²) in [7, 11) is 0. The molecule has 2 aromatic rings. The Bertz CT molecular complexity index is 782. The van der Waals surface area contributed by atoms with Gasteiger partial charge in [-0.2, -0.15) is 5.26 Å². The van der Waals surface area contributed by atoms with Gasteiger partial charge in [-0.05, 0) is 17.0 Å².